The van der Waals surface area contributed by atoms with Crippen LogP contribution >= 0.6 is 0 Å². The lowest BCUT2D eigenvalue weighted by atomic mass is 9.82. The summed E-state index contributed by atoms with van der Waals surface area (Å²) in [6.45, 7) is -1.13. The molecule has 3 unspecified atom stereocenters. The largest absolute Gasteiger partial charge is 0.478 e. The summed E-state index contributed by atoms with van der Waals surface area (Å²) >= 11 is 0. The predicted molar refractivity (Wildman–Crippen MR) is 83.6 cm³/mol. The fourth-order valence-electron chi connectivity index (χ4n) is 3.68. The van der Waals surface area contributed by atoms with E-state index in [2.05, 4.69) is 0 Å². The number of fused-ring (bicyclic) bond motifs is 1. The standard InChI is InChI=1S/C16H22O11/c17-2-5-1-7(19)10-6(14(23)24)4-25-15(9(5)10)27-16-13(22)12(21)11(20)8(3-18)26-16/h1,4,7-13,15-22H,2-3H2,(H,23,24)/t7-,8+,9?,10?,11+,12+,13+,15?,16-/m0/s1. The van der Waals surface area contributed by atoms with Crippen LogP contribution < -0.4 is 0 Å². The minimum atomic E-state index is -1.68. The van der Waals surface area contributed by atoms with Crippen LogP contribution in [0.1, 0.15) is 0 Å². The second-order valence-electron chi connectivity index (χ2n) is 6.66. The fourth-order valence-corrected chi connectivity index (χ4v) is 3.68. The molecule has 11 heteroatoms. The van der Waals surface area contributed by atoms with Crippen LogP contribution in [-0.4, -0.2) is 98.0 Å². The smallest absolute Gasteiger partial charge is 0.335 e. The molecule has 0 aromatic heterocycles. The van der Waals surface area contributed by atoms with Crippen molar-refractivity contribution in [1.29, 1.82) is 0 Å². The lowest BCUT2D eigenvalue weighted by molar-refractivity contribution is -0.340. The Kier molecular flexibility index (Phi) is 5.84. The van der Waals surface area contributed by atoms with E-state index in [1.54, 1.807) is 0 Å². The molecule has 3 rings (SSSR count). The van der Waals surface area contributed by atoms with E-state index in [4.69, 9.17) is 14.2 Å². The number of ether oxygens (including phenoxy) is 3. The second-order valence-corrected chi connectivity index (χ2v) is 6.66. The number of rotatable bonds is 5. The third-order valence-electron chi connectivity index (χ3n) is 5.10. The first-order valence-electron chi connectivity index (χ1n) is 8.34. The van der Waals surface area contributed by atoms with Crippen molar-refractivity contribution >= 4 is 5.97 Å². The number of aliphatic hydroxyl groups excluding tert-OH is 6. The van der Waals surface area contributed by atoms with Crippen molar-refractivity contribution in [3.05, 3.63) is 23.5 Å². The Morgan fingerprint density at radius 2 is 1.74 bits per heavy atom. The zero-order valence-corrected chi connectivity index (χ0v) is 14.0. The van der Waals surface area contributed by atoms with Gasteiger partial charge in [-0.3, -0.25) is 0 Å². The molecule has 9 atom stereocenters. The van der Waals surface area contributed by atoms with E-state index >= 15 is 0 Å². The Balaban J connectivity index is 1.84. The summed E-state index contributed by atoms with van der Waals surface area (Å²) in [4.78, 5) is 11.4. The highest BCUT2D eigenvalue weighted by atomic mass is 16.8. The first-order chi connectivity index (χ1) is 12.8. The van der Waals surface area contributed by atoms with Gasteiger partial charge in [0.1, 0.15) is 24.4 Å². The van der Waals surface area contributed by atoms with Crippen molar-refractivity contribution in [3.63, 3.8) is 0 Å². The first-order valence-corrected chi connectivity index (χ1v) is 8.34. The van der Waals surface area contributed by atoms with Gasteiger partial charge in [-0.15, -0.1) is 0 Å². The molecule has 152 valence electrons. The molecule has 1 aliphatic carbocycles. The molecule has 11 nitrogen and oxygen atoms in total. The van der Waals surface area contributed by atoms with Crippen molar-refractivity contribution in [1.82, 2.24) is 0 Å². The van der Waals surface area contributed by atoms with Crippen LogP contribution in [0.5, 0.6) is 0 Å². The Bertz CT molecular complexity index is 630. The fraction of sp³-hybridized carbons (Fsp3) is 0.688. The monoisotopic (exact) mass is 390 g/mol. The highest BCUT2D eigenvalue weighted by Crippen LogP contribution is 2.44. The molecular weight excluding hydrogens is 368 g/mol. The molecular formula is C16H22O11. The summed E-state index contributed by atoms with van der Waals surface area (Å²) < 4.78 is 16.1. The molecule has 0 radical (unpaired) electrons. The molecule has 2 aliphatic heterocycles. The third kappa shape index (κ3) is 3.48. The number of aliphatic hydroxyl groups is 6. The maximum Gasteiger partial charge on any atom is 0.335 e. The lowest BCUT2D eigenvalue weighted by Crippen LogP contribution is -2.60. The number of carbonyl (C=O) groups is 1. The minimum Gasteiger partial charge on any atom is -0.478 e. The van der Waals surface area contributed by atoms with Gasteiger partial charge in [-0.1, -0.05) is 6.08 Å². The predicted octanol–water partition coefficient (Wildman–Crippen LogP) is -3.35. The van der Waals surface area contributed by atoms with Crippen molar-refractivity contribution in [2.75, 3.05) is 13.2 Å². The highest BCUT2D eigenvalue weighted by molar-refractivity contribution is 5.87. The average molecular weight is 390 g/mol. The van der Waals surface area contributed by atoms with Crippen molar-refractivity contribution in [2.45, 2.75) is 43.1 Å². The summed E-state index contributed by atoms with van der Waals surface area (Å²) in [6, 6.07) is 0. The number of hydrogen-bond donors (Lipinski definition) is 7. The van der Waals surface area contributed by atoms with Gasteiger partial charge in [0.15, 0.2) is 6.29 Å². The molecule has 0 aromatic rings. The van der Waals surface area contributed by atoms with E-state index in [1.165, 1.54) is 6.08 Å². The van der Waals surface area contributed by atoms with Gasteiger partial charge in [0.05, 0.1) is 37.1 Å². The van der Waals surface area contributed by atoms with Crippen LogP contribution in [-0.2, 0) is 19.0 Å². The van der Waals surface area contributed by atoms with Gasteiger partial charge in [-0.2, -0.15) is 0 Å². The maximum atomic E-state index is 11.4. The molecule has 1 saturated heterocycles. The summed E-state index contributed by atoms with van der Waals surface area (Å²) in [7, 11) is 0. The molecule has 3 aliphatic rings. The van der Waals surface area contributed by atoms with Crippen LogP contribution in [0.15, 0.2) is 23.5 Å². The molecule has 0 spiro atoms. The maximum absolute atomic E-state index is 11.4. The first kappa shape index (κ1) is 20.2. The van der Waals surface area contributed by atoms with E-state index in [-0.39, 0.29) is 11.1 Å². The van der Waals surface area contributed by atoms with Gasteiger partial charge in [0, 0.05) is 5.92 Å². The molecule has 27 heavy (non-hydrogen) atoms. The van der Waals surface area contributed by atoms with E-state index < -0.39 is 74.1 Å². The number of carboxylic acid groups (broad SMARTS) is 1. The van der Waals surface area contributed by atoms with Gasteiger partial charge >= 0.3 is 5.97 Å². The molecule has 0 amide bonds. The molecule has 1 fully saturated rings. The normalized spacial score (nSPS) is 44.1. The Labute approximate surface area is 153 Å². The van der Waals surface area contributed by atoms with Crippen molar-refractivity contribution < 1.29 is 54.8 Å². The summed E-state index contributed by atoms with van der Waals surface area (Å²) in [5, 5.41) is 68.0. The van der Waals surface area contributed by atoms with Gasteiger partial charge in [0.2, 0.25) is 6.29 Å². The second kappa shape index (κ2) is 7.81. The highest BCUT2D eigenvalue weighted by Gasteiger charge is 2.51. The summed E-state index contributed by atoms with van der Waals surface area (Å²) in [5.41, 5.74) is 0.0785. The Hall–Kier alpha value is -1.57. The van der Waals surface area contributed by atoms with Crippen molar-refractivity contribution in [2.24, 2.45) is 11.8 Å². The zero-order valence-electron chi connectivity index (χ0n) is 14.0. The third-order valence-corrected chi connectivity index (χ3v) is 5.10. The van der Waals surface area contributed by atoms with Crippen LogP contribution in [0.4, 0.5) is 0 Å². The van der Waals surface area contributed by atoms with Gasteiger partial charge in [-0.05, 0) is 5.57 Å². The molecule has 0 bridgehead atoms. The lowest BCUT2D eigenvalue weighted by Gasteiger charge is -2.43. The van der Waals surface area contributed by atoms with E-state index in [1.807, 2.05) is 0 Å². The van der Waals surface area contributed by atoms with Crippen molar-refractivity contribution in [3.8, 4) is 0 Å². The SMILES string of the molecule is O=C(O)C1=COC(O[C@@H]2O[C@H](CO)[C@@H](O)[C@@H](O)[C@H]2O)C2C(CO)=C[C@H](O)C12. The molecule has 7 N–H and O–H groups in total. The average Bonchev–Trinajstić information content (AvgIpc) is 2.99. The van der Waals surface area contributed by atoms with E-state index in [0.717, 1.165) is 6.26 Å². The van der Waals surface area contributed by atoms with E-state index in [0.29, 0.717) is 0 Å². The van der Waals surface area contributed by atoms with Gasteiger partial charge < -0.3 is 50.0 Å². The Morgan fingerprint density at radius 3 is 2.33 bits per heavy atom. The molecule has 2 heterocycles. The van der Waals surface area contributed by atoms with Crippen LogP contribution in [0.2, 0.25) is 0 Å². The van der Waals surface area contributed by atoms with Crippen LogP contribution in [0, 0.1) is 11.8 Å². The number of carboxylic acids is 1. The van der Waals surface area contributed by atoms with E-state index in [9.17, 15) is 40.5 Å². The summed E-state index contributed by atoms with van der Waals surface area (Å²) in [5.74, 6) is -3.13. The minimum absolute atomic E-state index is 0.208. The number of hydrogen-bond acceptors (Lipinski definition) is 10. The topological polar surface area (TPSA) is 186 Å². The molecule has 0 aromatic carbocycles. The van der Waals surface area contributed by atoms with Crippen LogP contribution in [0.25, 0.3) is 0 Å². The number of aliphatic carboxylic acids is 1. The van der Waals surface area contributed by atoms with Gasteiger partial charge in [0.25, 0.3) is 0 Å². The zero-order chi connectivity index (χ0) is 19.9. The van der Waals surface area contributed by atoms with Gasteiger partial charge in [-0.25, -0.2) is 4.79 Å². The Morgan fingerprint density at radius 1 is 1.04 bits per heavy atom. The quantitative estimate of drug-likeness (QED) is 0.233. The molecule has 0 saturated carbocycles. The summed E-state index contributed by atoms with van der Waals surface area (Å²) in [6.07, 6.45) is -7.83. The van der Waals surface area contributed by atoms with Crippen LogP contribution in [0.3, 0.4) is 0 Å².